The topological polar surface area (TPSA) is 65.1 Å². The van der Waals surface area contributed by atoms with Gasteiger partial charge in [0.15, 0.2) is 0 Å². The van der Waals surface area contributed by atoms with E-state index >= 15 is 0 Å². The SMILES string of the molecule is COCC(C)NCc1ccc(F)cc1N1CCN(C(=O)C(Cc2ccc(Cl)cc2Cl)N2CCCC2=O)CC1. The van der Waals surface area contributed by atoms with Gasteiger partial charge in [-0.05, 0) is 48.7 Å². The molecular weight excluding hydrogens is 530 g/mol. The number of hydrogen-bond donors (Lipinski definition) is 1. The van der Waals surface area contributed by atoms with Crippen LogP contribution in [0.1, 0.15) is 30.9 Å². The summed E-state index contributed by atoms with van der Waals surface area (Å²) in [6, 6.07) is 9.60. The second-order valence-electron chi connectivity index (χ2n) is 9.97. The third-order valence-corrected chi connectivity index (χ3v) is 7.82. The number of anilines is 1. The van der Waals surface area contributed by atoms with E-state index in [2.05, 4.69) is 10.2 Å². The van der Waals surface area contributed by atoms with Crippen molar-refractivity contribution in [1.82, 2.24) is 15.1 Å². The molecule has 2 aliphatic heterocycles. The maximum absolute atomic E-state index is 14.2. The minimum Gasteiger partial charge on any atom is -0.383 e. The number of amides is 2. The molecule has 2 amide bonds. The predicted octanol–water partition coefficient (Wildman–Crippen LogP) is 4.14. The molecule has 0 saturated carbocycles. The number of nitrogens with one attached hydrogen (secondary N) is 1. The maximum atomic E-state index is 14.2. The summed E-state index contributed by atoms with van der Waals surface area (Å²) >= 11 is 12.5. The minimum absolute atomic E-state index is 0.00771. The summed E-state index contributed by atoms with van der Waals surface area (Å²) in [6.45, 7) is 5.86. The number of likely N-dealkylation sites (tertiary alicyclic amines) is 1. The Morgan fingerprint density at radius 2 is 1.82 bits per heavy atom. The van der Waals surface area contributed by atoms with Crippen molar-refractivity contribution in [1.29, 1.82) is 0 Å². The van der Waals surface area contributed by atoms with Crippen LogP contribution in [-0.4, -0.2) is 80.1 Å². The van der Waals surface area contributed by atoms with E-state index in [1.54, 1.807) is 36.3 Å². The standard InChI is InChI=1S/C28H35Cl2FN4O3/c1-19(18-38-2)32-17-21-6-8-23(31)16-25(21)33-10-12-34(13-11-33)28(37)26(35-9-3-4-27(35)36)14-20-5-7-22(29)15-24(20)30/h5-8,15-16,19,26,32H,3-4,9-14,17-18H2,1-2H3. The van der Waals surface area contributed by atoms with Gasteiger partial charge in [0.25, 0.3) is 0 Å². The highest BCUT2D eigenvalue weighted by molar-refractivity contribution is 6.35. The molecule has 2 aromatic rings. The van der Waals surface area contributed by atoms with Crippen molar-refractivity contribution in [2.24, 2.45) is 0 Å². The lowest BCUT2D eigenvalue weighted by Gasteiger charge is -2.40. The molecule has 2 unspecified atom stereocenters. The van der Waals surface area contributed by atoms with E-state index in [4.69, 9.17) is 27.9 Å². The molecule has 10 heteroatoms. The third kappa shape index (κ3) is 6.97. The molecular formula is C28H35Cl2FN4O3. The van der Waals surface area contributed by atoms with Crippen LogP contribution in [0.4, 0.5) is 10.1 Å². The first-order valence-electron chi connectivity index (χ1n) is 13.0. The van der Waals surface area contributed by atoms with Gasteiger partial charge in [-0.3, -0.25) is 9.59 Å². The van der Waals surface area contributed by atoms with E-state index in [9.17, 15) is 14.0 Å². The van der Waals surface area contributed by atoms with Crippen LogP contribution in [0, 0.1) is 5.82 Å². The Balaban J connectivity index is 1.46. The van der Waals surface area contributed by atoms with Gasteiger partial charge in [0, 0.05) is 81.0 Å². The van der Waals surface area contributed by atoms with Crippen molar-refractivity contribution in [3.8, 4) is 0 Å². The number of piperazine rings is 1. The predicted molar refractivity (Wildman–Crippen MR) is 148 cm³/mol. The number of rotatable bonds is 10. The van der Waals surface area contributed by atoms with Crippen LogP contribution in [0.3, 0.4) is 0 Å². The number of carbonyl (C=O) groups is 2. The number of halogens is 3. The van der Waals surface area contributed by atoms with Gasteiger partial charge in [-0.15, -0.1) is 0 Å². The number of benzene rings is 2. The summed E-state index contributed by atoms with van der Waals surface area (Å²) in [7, 11) is 1.66. The summed E-state index contributed by atoms with van der Waals surface area (Å²) in [5.74, 6) is -0.383. The number of nitrogens with zero attached hydrogens (tertiary/aromatic N) is 3. The van der Waals surface area contributed by atoms with Crippen molar-refractivity contribution in [2.45, 2.75) is 44.8 Å². The monoisotopic (exact) mass is 564 g/mol. The average molecular weight is 566 g/mol. The van der Waals surface area contributed by atoms with Crippen LogP contribution in [0.15, 0.2) is 36.4 Å². The summed E-state index contributed by atoms with van der Waals surface area (Å²) in [5, 5.41) is 4.42. The summed E-state index contributed by atoms with van der Waals surface area (Å²) in [4.78, 5) is 32.0. The average Bonchev–Trinajstić information content (AvgIpc) is 3.33. The molecule has 0 aromatic heterocycles. The van der Waals surface area contributed by atoms with Crippen LogP contribution >= 0.6 is 23.2 Å². The molecule has 206 valence electrons. The smallest absolute Gasteiger partial charge is 0.245 e. The molecule has 0 radical (unpaired) electrons. The van der Waals surface area contributed by atoms with Gasteiger partial charge in [-0.1, -0.05) is 35.3 Å². The molecule has 2 heterocycles. The Labute approximate surface area is 233 Å². The van der Waals surface area contributed by atoms with Crippen molar-refractivity contribution in [2.75, 3.05) is 51.3 Å². The lowest BCUT2D eigenvalue weighted by molar-refractivity contribution is -0.143. The molecule has 0 bridgehead atoms. The van der Waals surface area contributed by atoms with Gasteiger partial charge >= 0.3 is 0 Å². The van der Waals surface area contributed by atoms with Gasteiger partial charge in [-0.2, -0.15) is 0 Å². The number of methoxy groups -OCH3 is 1. The molecule has 1 N–H and O–H groups in total. The molecule has 2 aromatic carbocycles. The first kappa shape index (κ1) is 28.6. The third-order valence-electron chi connectivity index (χ3n) is 7.24. The Bertz CT molecular complexity index is 1140. The highest BCUT2D eigenvalue weighted by atomic mass is 35.5. The molecule has 4 rings (SSSR count). The minimum atomic E-state index is -0.619. The largest absolute Gasteiger partial charge is 0.383 e. The van der Waals surface area contributed by atoms with E-state index < -0.39 is 6.04 Å². The Hall–Kier alpha value is -2.39. The molecule has 7 nitrogen and oxygen atoms in total. The first-order chi connectivity index (χ1) is 18.3. The zero-order valence-corrected chi connectivity index (χ0v) is 23.4. The van der Waals surface area contributed by atoms with Crippen molar-refractivity contribution < 1.29 is 18.7 Å². The van der Waals surface area contributed by atoms with Crippen LogP contribution < -0.4 is 10.2 Å². The second kappa shape index (κ2) is 13.1. The highest BCUT2D eigenvalue weighted by Crippen LogP contribution is 2.27. The van der Waals surface area contributed by atoms with Crippen LogP contribution in [0.25, 0.3) is 0 Å². The maximum Gasteiger partial charge on any atom is 0.245 e. The lowest BCUT2D eigenvalue weighted by Crippen LogP contribution is -2.56. The van der Waals surface area contributed by atoms with Crippen LogP contribution in [0.2, 0.25) is 10.0 Å². The van der Waals surface area contributed by atoms with Gasteiger partial charge < -0.3 is 24.8 Å². The summed E-state index contributed by atoms with van der Waals surface area (Å²) < 4.78 is 19.4. The van der Waals surface area contributed by atoms with Gasteiger partial charge in [-0.25, -0.2) is 4.39 Å². The first-order valence-corrected chi connectivity index (χ1v) is 13.8. The van der Waals surface area contributed by atoms with Gasteiger partial charge in [0.05, 0.1) is 6.61 Å². The molecule has 0 spiro atoms. The summed E-state index contributed by atoms with van der Waals surface area (Å²) in [5.41, 5.74) is 2.60. The second-order valence-corrected chi connectivity index (χ2v) is 10.8. The molecule has 2 aliphatic rings. The van der Waals surface area contributed by atoms with E-state index in [-0.39, 0.29) is 23.7 Å². The number of ether oxygens (including phenoxy) is 1. The fourth-order valence-corrected chi connectivity index (χ4v) is 5.66. The van der Waals surface area contributed by atoms with Crippen LogP contribution in [-0.2, 0) is 27.3 Å². The zero-order chi connectivity index (χ0) is 27.2. The molecule has 2 atom stereocenters. The Kier molecular flexibility index (Phi) is 9.87. The van der Waals surface area contributed by atoms with E-state index in [0.717, 1.165) is 23.2 Å². The van der Waals surface area contributed by atoms with Crippen molar-refractivity contribution in [3.63, 3.8) is 0 Å². The fourth-order valence-electron chi connectivity index (χ4n) is 5.18. The molecule has 0 aliphatic carbocycles. The quantitative estimate of drug-likeness (QED) is 0.470. The lowest BCUT2D eigenvalue weighted by atomic mass is 10.0. The summed E-state index contributed by atoms with van der Waals surface area (Å²) in [6.07, 6.45) is 1.52. The number of carbonyl (C=O) groups excluding carboxylic acids is 2. The van der Waals surface area contributed by atoms with Crippen molar-refractivity contribution in [3.05, 3.63) is 63.4 Å². The molecule has 38 heavy (non-hydrogen) atoms. The van der Waals surface area contributed by atoms with Crippen LogP contribution in [0.5, 0.6) is 0 Å². The van der Waals surface area contributed by atoms with E-state index in [0.29, 0.717) is 68.8 Å². The normalized spacial score (nSPS) is 17.7. The molecule has 2 fully saturated rings. The van der Waals surface area contributed by atoms with E-state index in [1.807, 2.05) is 17.9 Å². The zero-order valence-electron chi connectivity index (χ0n) is 21.9. The van der Waals surface area contributed by atoms with Crippen molar-refractivity contribution >= 4 is 40.7 Å². The van der Waals surface area contributed by atoms with Gasteiger partial charge in [0.2, 0.25) is 11.8 Å². The van der Waals surface area contributed by atoms with Gasteiger partial charge in [0.1, 0.15) is 11.9 Å². The Morgan fingerprint density at radius 3 is 2.47 bits per heavy atom. The number of hydrogen-bond acceptors (Lipinski definition) is 5. The highest BCUT2D eigenvalue weighted by Gasteiger charge is 2.37. The fraction of sp³-hybridized carbons (Fsp3) is 0.500. The van der Waals surface area contributed by atoms with E-state index in [1.165, 1.54) is 6.07 Å². The molecule has 2 saturated heterocycles. The Morgan fingerprint density at radius 1 is 1.08 bits per heavy atom.